The van der Waals surface area contributed by atoms with Crippen LogP contribution < -0.4 is 0 Å². The lowest BCUT2D eigenvalue weighted by Gasteiger charge is -2.59. The molecule has 0 aromatic rings. The van der Waals surface area contributed by atoms with E-state index < -0.39 is 0 Å². The van der Waals surface area contributed by atoms with Crippen molar-refractivity contribution in [3.8, 4) is 0 Å². The summed E-state index contributed by atoms with van der Waals surface area (Å²) in [5.74, 6) is 10.2. The minimum atomic E-state index is 0.369. The fraction of sp³-hybridized carbons (Fsp3) is 0.714. The van der Waals surface area contributed by atoms with Crippen LogP contribution in [0, 0.1) is 59.2 Å². The van der Waals surface area contributed by atoms with E-state index in [-0.39, 0.29) is 0 Å². The fourth-order valence-corrected chi connectivity index (χ4v) is 13.2. The molecule has 0 aromatic carbocycles. The number of hydrogen-bond acceptors (Lipinski definition) is 1. The highest BCUT2D eigenvalue weighted by Crippen LogP contribution is 2.63. The van der Waals surface area contributed by atoms with Crippen LogP contribution in [0.15, 0.2) is 70.6 Å². The van der Waals surface area contributed by atoms with Crippen molar-refractivity contribution >= 4 is 0 Å². The molecule has 0 spiro atoms. The molecule has 4 fully saturated rings. The number of hydrogen-bond donors (Lipinski definition) is 0. The number of ether oxygens (including phenoxy) is 1. The van der Waals surface area contributed by atoms with Crippen LogP contribution in [0.3, 0.4) is 0 Å². The summed E-state index contributed by atoms with van der Waals surface area (Å²) in [6.07, 6.45) is 44.9. The van der Waals surface area contributed by atoms with Crippen LogP contribution in [-0.4, -0.2) is 6.10 Å². The number of allylic oxidation sites excluding steroid dienone is 9. The van der Waals surface area contributed by atoms with Crippen LogP contribution in [0.5, 0.6) is 0 Å². The third-order valence-corrected chi connectivity index (χ3v) is 14.7. The molecule has 0 bridgehead atoms. The lowest BCUT2D eigenvalue weighted by molar-refractivity contribution is -0.0406. The summed E-state index contributed by atoms with van der Waals surface area (Å²) in [4.78, 5) is 0. The maximum absolute atomic E-state index is 6.65. The molecule has 9 rings (SSSR count). The first-order valence-corrected chi connectivity index (χ1v) is 19.2. The SMILES string of the molecule is C1=CCC2C(=C1)C(C1CCCC3CCCCC31)C1CC(C3=C4C5=C(C=CCC5)OC4CCC3)CCC1C2C1C=CCCC1. The van der Waals surface area contributed by atoms with Gasteiger partial charge in [0.2, 0.25) is 0 Å². The van der Waals surface area contributed by atoms with Gasteiger partial charge in [-0.1, -0.05) is 79.7 Å². The van der Waals surface area contributed by atoms with Crippen molar-refractivity contribution < 1.29 is 4.74 Å². The quantitative estimate of drug-likeness (QED) is 0.304. The Balaban J connectivity index is 1.12. The van der Waals surface area contributed by atoms with E-state index in [0.29, 0.717) is 6.10 Å². The monoisotopic (exact) mass is 576 g/mol. The Bertz CT molecular complexity index is 1270. The zero-order chi connectivity index (χ0) is 28.3. The third kappa shape index (κ3) is 4.67. The Hall–Kier alpha value is -1.76. The molecule has 1 heteroatoms. The molecule has 0 amide bonds. The van der Waals surface area contributed by atoms with E-state index in [2.05, 4.69) is 42.5 Å². The average molecular weight is 577 g/mol. The summed E-state index contributed by atoms with van der Waals surface area (Å²) in [5.41, 5.74) is 7.17. The Morgan fingerprint density at radius 2 is 1.63 bits per heavy atom. The van der Waals surface area contributed by atoms with Gasteiger partial charge in [0.25, 0.3) is 0 Å². The highest BCUT2D eigenvalue weighted by molar-refractivity contribution is 5.50. The number of fused-ring (bicyclic) bond motifs is 5. The predicted molar refractivity (Wildman–Crippen MR) is 177 cm³/mol. The minimum Gasteiger partial charge on any atom is -0.485 e. The predicted octanol–water partition coefficient (Wildman–Crippen LogP) is 11.2. The third-order valence-electron chi connectivity index (χ3n) is 14.7. The van der Waals surface area contributed by atoms with E-state index in [4.69, 9.17) is 4.74 Å². The van der Waals surface area contributed by atoms with Gasteiger partial charge in [-0.3, -0.25) is 0 Å². The molecule has 1 nitrogen and oxygen atoms in total. The maximum atomic E-state index is 6.65. The summed E-state index contributed by atoms with van der Waals surface area (Å²) in [6.45, 7) is 0. The topological polar surface area (TPSA) is 9.23 Å². The van der Waals surface area contributed by atoms with Crippen molar-refractivity contribution in [2.45, 2.75) is 128 Å². The molecule has 230 valence electrons. The molecule has 0 saturated heterocycles. The van der Waals surface area contributed by atoms with Crippen LogP contribution in [0.1, 0.15) is 122 Å². The van der Waals surface area contributed by atoms with E-state index >= 15 is 0 Å². The highest BCUT2D eigenvalue weighted by atomic mass is 16.5. The van der Waals surface area contributed by atoms with Crippen molar-refractivity contribution in [1.29, 1.82) is 0 Å². The van der Waals surface area contributed by atoms with Gasteiger partial charge in [-0.25, -0.2) is 0 Å². The molecule has 4 saturated carbocycles. The highest BCUT2D eigenvalue weighted by Gasteiger charge is 2.55. The molecule has 0 N–H and O–H groups in total. The van der Waals surface area contributed by atoms with Crippen molar-refractivity contribution in [2.24, 2.45) is 59.2 Å². The molecule has 0 radical (unpaired) electrons. The summed E-state index contributed by atoms with van der Waals surface area (Å²) < 4.78 is 6.65. The van der Waals surface area contributed by atoms with Crippen LogP contribution in [0.4, 0.5) is 0 Å². The molecule has 9 aliphatic rings. The molecule has 43 heavy (non-hydrogen) atoms. The van der Waals surface area contributed by atoms with Crippen molar-refractivity contribution in [3.63, 3.8) is 0 Å². The smallest absolute Gasteiger partial charge is 0.124 e. The van der Waals surface area contributed by atoms with Gasteiger partial charge in [0.1, 0.15) is 11.9 Å². The Labute approximate surface area is 262 Å². The van der Waals surface area contributed by atoms with Gasteiger partial charge in [0, 0.05) is 5.57 Å². The van der Waals surface area contributed by atoms with E-state index in [9.17, 15) is 0 Å². The second-order valence-corrected chi connectivity index (χ2v) is 16.4. The van der Waals surface area contributed by atoms with Gasteiger partial charge >= 0.3 is 0 Å². The molecule has 11 atom stereocenters. The average Bonchev–Trinajstić information content (AvgIpc) is 3.46. The largest absolute Gasteiger partial charge is 0.485 e. The van der Waals surface area contributed by atoms with Crippen molar-refractivity contribution in [1.82, 2.24) is 0 Å². The van der Waals surface area contributed by atoms with Crippen molar-refractivity contribution in [3.05, 3.63) is 70.6 Å². The molecule has 8 aliphatic carbocycles. The lowest BCUT2D eigenvalue weighted by Crippen LogP contribution is -2.52. The Morgan fingerprint density at radius 1 is 0.698 bits per heavy atom. The van der Waals surface area contributed by atoms with Gasteiger partial charge in [-0.15, -0.1) is 0 Å². The second kappa shape index (κ2) is 11.6. The Kier molecular flexibility index (Phi) is 7.40. The normalized spacial score (nSPS) is 45.4. The summed E-state index contributed by atoms with van der Waals surface area (Å²) in [6, 6.07) is 0. The summed E-state index contributed by atoms with van der Waals surface area (Å²) in [5, 5.41) is 0. The second-order valence-electron chi connectivity index (χ2n) is 16.4. The van der Waals surface area contributed by atoms with Crippen LogP contribution in [0.25, 0.3) is 0 Å². The van der Waals surface area contributed by atoms with E-state index in [0.717, 1.165) is 59.2 Å². The van der Waals surface area contributed by atoms with Gasteiger partial charge in [-0.2, -0.15) is 0 Å². The van der Waals surface area contributed by atoms with Crippen molar-refractivity contribution in [2.75, 3.05) is 0 Å². The first-order valence-electron chi connectivity index (χ1n) is 19.2. The van der Waals surface area contributed by atoms with Crippen LogP contribution in [0.2, 0.25) is 0 Å². The lowest BCUT2D eigenvalue weighted by atomic mass is 9.45. The molecular weight excluding hydrogens is 520 g/mol. The van der Waals surface area contributed by atoms with Crippen LogP contribution in [-0.2, 0) is 4.74 Å². The van der Waals surface area contributed by atoms with Gasteiger partial charge in [-0.05, 0) is 161 Å². The molecule has 0 aromatic heterocycles. The molecular formula is C42H56O. The zero-order valence-corrected chi connectivity index (χ0v) is 26.7. The van der Waals surface area contributed by atoms with E-state index in [1.54, 1.807) is 11.1 Å². The first kappa shape index (κ1) is 27.5. The summed E-state index contributed by atoms with van der Waals surface area (Å²) >= 11 is 0. The van der Waals surface area contributed by atoms with E-state index in [1.807, 2.05) is 11.1 Å². The number of rotatable bonds is 3. The summed E-state index contributed by atoms with van der Waals surface area (Å²) in [7, 11) is 0. The zero-order valence-electron chi connectivity index (χ0n) is 26.7. The van der Waals surface area contributed by atoms with Gasteiger partial charge in [0.15, 0.2) is 0 Å². The maximum Gasteiger partial charge on any atom is 0.124 e. The molecule has 1 aliphatic heterocycles. The molecule has 1 heterocycles. The van der Waals surface area contributed by atoms with Gasteiger partial charge < -0.3 is 4.74 Å². The fourth-order valence-electron chi connectivity index (χ4n) is 13.2. The standard InChI is InChI=1S/C42H56O/c1-2-13-28(14-3-1)40-33-17-6-7-18-34(33)41(32-21-10-15-27-12-4-5-16-30(27)32)37-26-29(24-25-35(37)40)31-20-11-23-39-42(31)36-19-8-9-22-38(36)43-39/h2,6-7,9,13,18,22,27-30,32-33,35,37,39-41H,1,3-5,8,10-12,14-17,19-21,23-26H2. The van der Waals surface area contributed by atoms with Crippen LogP contribution >= 0.6 is 0 Å². The van der Waals surface area contributed by atoms with Gasteiger partial charge in [0.05, 0.1) is 0 Å². The molecule has 11 unspecified atom stereocenters. The first-order chi connectivity index (χ1) is 21.3. The Morgan fingerprint density at radius 3 is 2.58 bits per heavy atom. The minimum absolute atomic E-state index is 0.369. The van der Waals surface area contributed by atoms with E-state index in [1.165, 1.54) is 128 Å².